The predicted molar refractivity (Wildman–Crippen MR) is 116 cm³/mol. The van der Waals surface area contributed by atoms with Gasteiger partial charge in [0.1, 0.15) is 11.4 Å². The Morgan fingerprint density at radius 3 is 1.43 bits per heavy atom. The number of nitrogens with zero attached hydrogens (tertiary/aromatic N) is 2. The van der Waals surface area contributed by atoms with Crippen LogP contribution in [-0.4, -0.2) is 24.2 Å². The van der Waals surface area contributed by atoms with Gasteiger partial charge in [0.2, 0.25) is 0 Å². The molecule has 0 fully saturated rings. The standard InChI is InChI=1S/C26H16N2O2/c1-5-23-19(9-7-15-27-23)11-13-21-17-25(29-3)26(30-4)18-22(21)14-12-20-10-8-16-28-24(20)6-2/h1-2,7-10,15-18H,3-4H3. The molecule has 0 atom stereocenters. The van der Waals surface area contributed by atoms with Gasteiger partial charge in [-0.2, -0.15) is 0 Å². The molecule has 0 saturated heterocycles. The number of rotatable bonds is 2. The van der Waals surface area contributed by atoms with E-state index in [1.807, 2.05) is 12.1 Å². The van der Waals surface area contributed by atoms with Crippen LogP contribution in [0.25, 0.3) is 0 Å². The lowest BCUT2D eigenvalue weighted by Gasteiger charge is -2.09. The van der Waals surface area contributed by atoms with Crippen molar-refractivity contribution < 1.29 is 9.47 Å². The van der Waals surface area contributed by atoms with Gasteiger partial charge in [-0.05, 0) is 36.1 Å². The van der Waals surface area contributed by atoms with E-state index in [1.165, 1.54) is 0 Å². The van der Waals surface area contributed by atoms with Crippen molar-refractivity contribution in [1.82, 2.24) is 9.97 Å². The molecule has 4 nitrogen and oxygen atoms in total. The Kier molecular flexibility index (Phi) is 6.38. The van der Waals surface area contributed by atoms with Crippen LogP contribution >= 0.6 is 0 Å². The molecule has 4 heteroatoms. The Morgan fingerprint density at radius 1 is 0.667 bits per heavy atom. The highest BCUT2D eigenvalue weighted by Gasteiger charge is 2.09. The molecule has 3 aromatic rings. The minimum absolute atomic E-state index is 0.479. The van der Waals surface area contributed by atoms with Crippen molar-refractivity contribution >= 4 is 0 Å². The average molecular weight is 388 g/mol. The average Bonchev–Trinajstić information content (AvgIpc) is 2.81. The summed E-state index contributed by atoms with van der Waals surface area (Å²) >= 11 is 0. The maximum absolute atomic E-state index is 5.51. The number of methoxy groups -OCH3 is 2. The molecule has 0 aliphatic carbocycles. The van der Waals surface area contributed by atoms with E-state index in [-0.39, 0.29) is 0 Å². The fraction of sp³-hybridized carbons (Fsp3) is 0.0769. The van der Waals surface area contributed by atoms with E-state index in [2.05, 4.69) is 45.5 Å². The second-order valence-electron chi connectivity index (χ2n) is 5.84. The SMILES string of the molecule is C#Cc1ncccc1C#Cc1cc(OC)c(OC)cc1C#Cc1cccnc1C#C. The monoisotopic (exact) mass is 388 g/mol. The summed E-state index contributed by atoms with van der Waals surface area (Å²) in [7, 11) is 3.12. The minimum Gasteiger partial charge on any atom is -0.493 e. The smallest absolute Gasteiger partial charge is 0.162 e. The number of benzene rings is 1. The third-order valence-electron chi connectivity index (χ3n) is 4.08. The van der Waals surface area contributed by atoms with E-state index in [9.17, 15) is 0 Å². The first-order chi connectivity index (χ1) is 14.7. The van der Waals surface area contributed by atoms with Gasteiger partial charge in [0.15, 0.2) is 11.5 Å². The molecule has 0 spiro atoms. The van der Waals surface area contributed by atoms with Crippen LogP contribution in [-0.2, 0) is 0 Å². The molecule has 0 radical (unpaired) electrons. The first-order valence-electron chi connectivity index (χ1n) is 8.83. The number of hydrogen-bond acceptors (Lipinski definition) is 4. The van der Waals surface area contributed by atoms with Gasteiger partial charge in [-0.1, -0.05) is 23.7 Å². The van der Waals surface area contributed by atoms with Crippen molar-refractivity contribution in [2.75, 3.05) is 14.2 Å². The Labute approximate surface area is 176 Å². The first kappa shape index (κ1) is 20.1. The molecule has 30 heavy (non-hydrogen) atoms. The first-order valence-corrected chi connectivity index (χ1v) is 8.83. The van der Waals surface area contributed by atoms with Crippen molar-refractivity contribution in [1.29, 1.82) is 0 Å². The van der Waals surface area contributed by atoms with Gasteiger partial charge >= 0.3 is 0 Å². The van der Waals surface area contributed by atoms with Crippen LogP contribution in [0.15, 0.2) is 48.8 Å². The summed E-state index contributed by atoms with van der Waals surface area (Å²) in [6.45, 7) is 0. The molecule has 0 aliphatic rings. The van der Waals surface area contributed by atoms with E-state index in [1.54, 1.807) is 50.9 Å². The molecule has 3 rings (SSSR count). The van der Waals surface area contributed by atoms with Gasteiger partial charge in [-0.15, -0.1) is 12.8 Å². The zero-order chi connectivity index (χ0) is 21.3. The van der Waals surface area contributed by atoms with Crippen molar-refractivity contribution in [2.45, 2.75) is 0 Å². The van der Waals surface area contributed by atoms with Crippen LogP contribution < -0.4 is 9.47 Å². The summed E-state index contributed by atoms with van der Waals surface area (Å²) in [5.41, 5.74) is 3.56. The fourth-order valence-corrected chi connectivity index (χ4v) is 2.60. The van der Waals surface area contributed by atoms with E-state index < -0.39 is 0 Å². The van der Waals surface area contributed by atoms with Gasteiger partial charge < -0.3 is 9.47 Å². The zero-order valence-corrected chi connectivity index (χ0v) is 16.5. The summed E-state index contributed by atoms with van der Waals surface area (Å²) in [5, 5.41) is 0. The van der Waals surface area contributed by atoms with Crippen molar-refractivity contribution in [3.05, 3.63) is 82.4 Å². The van der Waals surface area contributed by atoms with Gasteiger partial charge in [0, 0.05) is 35.7 Å². The highest BCUT2D eigenvalue weighted by atomic mass is 16.5. The number of terminal acetylenes is 2. The summed E-state index contributed by atoms with van der Waals surface area (Å²) in [5.74, 6) is 18.5. The van der Waals surface area contributed by atoms with E-state index in [0.29, 0.717) is 45.1 Å². The van der Waals surface area contributed by atoms with Crippen LogP contribution in [0.3, 0.4) is 0 Å². The summed E-state index contributed by atoms with van der Waals surface area (Å²) in [6, 6.07) is 10.7. The molecule has 142 valence electrons. The Balaban J connectivity index is 2.15. The third kappa shape index (κ3) is 4.43. The quantitative estimate of drug-likeness (QED) is 0.632. The number of ether oxygens (including phenoxy) is 2. The largest absolute Gasteiger partial charge is 0.493 e. The molecule has 0 saturated carbocycles. The summed E-state index contributed by atoms with van der Waals surface area (Å²) in [4.78, 5) is 8.30. The lowest BCUT2D eigenvalue weighted by molar-refractivity contribution is 0.355. The maximum Gasteiger partial charge on any atom is 0.162 e. The fourth-order valence-electron chi connectivity index (χ4n) is 2.60. The van der Waals surface area contributed by atoms with Crippen molar-refractivity contribution in [3.8, 4) is 59.9 Å². The second kappa shape index (κ2) is 9.52. The van der Waals surface area contributed by atoms with Crippen LogP contribution in [0.2, 0.25) is 0 Å². The Morgan fingerprint density at radius 2 is 1.07 bits per heavy atom. The molecular weight excluding hydrogens is 372 g/mol. The molecule has 2 aromatic heterocycles. The number of aromatic nitrogens is 2. The third-order valence-corrected chi connectivity index (χ3v) is 4.08. The van der Waals surface area contributed by atoms with Crippen LogP contribution in [0.5, 0.6) is 11.5 Å². The molecule has 2 heterocycles. The molecular formula is C26H16N2O2. The van der Waals surface area contributed by atoms with Crippen LogP contribution in [0.1, 0.15) is 33.6 Å². The summed E-state index contributed by atoms with van der Waals surface area (Å²) < 4.78 is 10.8. The predicted octanol–water partition coefficient (Wildman–Crippen LogP) is 3.26. The topological polar surface area (TPSA) is 44.2 Å². The van der Waals surface area contributed by atoms with Crippen molar-refractivity contribution in [3.63, 3.8) is 0 Å². The molecule has 0 bridgehead atoms. The molecule has 0 N–H and O–H groups in total. The highest BCUT2D eigenvalue weighted by molar-refractivity contribution is 5.62. The number of hydrogen-bond donors (Lipinski definition) is 0. The second-order valence-corrected chi connectivity index (χ2v) is 5.84. The lowest BCUT2D eigenvalue weighted by Crippen LogP contribution is -1.95. The molecule has 1 aromatic carbocycles. The van der Waals surface area contributed by atoms with Crippen LogP contribution in [0.4, 0.5) is 0 Å². The van der Waals surface area contributed by atoms with Crippen molar-refractivity contribution in [2.24, 2.45) is 0 Å². The maximum atomic E-state index is 5.51. The number of pyridine rings is 2. The Hall–Kier alpha value is -4.64. The van der Waals surface area contributed by atoms with E-state index >= 15 is 0 Å². The van der Waals surface area contributed by atoms with Gasteiger partial charge in [0.25, 0.3) is 0 Å². The van der Waals surface area contributed by atoms with Gasteiger partial charge in [0.05, 0.1) is 25.3 Å². The normalized spacial score (nSPS) is 9.07. The Bertz CT molecular complexity index is 1200. The van der Waals surface area contributed by atoms with E-state index in [0.717, 1.165) is 0 Å². The molecule has 0 aliphatic heterocycles. The lowest BCUT2D eigenvalue weighted by atomic mass is 10.0. The summed E-state index contributed by atoms with van der Waals surface area (Å²) in [6.07, 6.45) is 14.3. The minimum atomic E-state index is 0.479. The van der Waals surface area contributed by atoms with E-state index in [4.69, 9.17) is 22.3 Å². The van der Waals surface area contributed by atoms with Crippen LogP contribution in [0, 0.1) is 48.4 Å². The zero-order valence-electron chi connectivity index (χ0n) is 16.5. The van der Waals surface area contributed by atoms with Gasteiger partial charge in [-0.25, -0.2) is 9.97 Å². The molecule has 0 unspecified atom stereocenters. The molecule has 0 amide bonds. The van der Waals surface area contributed by atoms with Gasteiger partial charge in [-0.3, -0.25) is 0 Å². The highest BCUT2D eigenvalue weighted by Crippen LogP contribution is 2.30.